The first-order valence-corrected chi connectivity index (χ1v) is 15.8. The van der Waals surface area contributed by atoms with Crippen molar-refractivity contribution >= 4 is 17.8 Å². The average molecular weight is 620 g/mol. The number of aromatic nitrogens is 2. The van der Waals surface area contributed by atoms with E-state index in [0.29, 0.717) is 11.1 Å². The molecule has 1 N–H and O–H groups in total. The van der Waals surface area contributed by atoms with E-state index in [9.17, 15) is 14.7 Å². The molecule has 2 saturated heterocycles. The molecule has 2 fully saturated rings. The molecule has 46 heavy (non-hydrogen) atoms. The maximum atomic E-state index is 12.9. The third-order valence-electron chi connectivity index (χ3n) is 9.24. The molecule has 0 unspecified atom stereocenters. The molecule has 4 atom stereocenters. The number of nitrogens with zero attached hydrogens (tertiary/aromatic N) is 5. The molecule has 0 bridgehead atoms. The smallest absolute Gasteiger partial charge is 0.261 e. The first-order valence-electron chi connectivity index (χ1n) is 15.8. The molecule has 4 aromatic rings. The lowest BCUT2D eigenvalue weighted by molar-refractivity contribution is -0.276. The van der Waals surface area contributed by atoms with Crippen LogP contribution >= 0.6 is 0 Å². The second-order valence-corrected chi connectivity index (χ2v) is 12.1. The highest BCUT2D eigenvalue weighted by atomic mass is 16.7. The van der Waals surface area contributed by atoms with E-state index >= 15 is 0 Å². The van der Waals surface area contributed by atoms with Gasteiger partial charge in [0.25, 0.3) is 11.8 Å². The minimum absolute atomic E-state index is 0.0111. The summed E-state index contributed by atoms with van der Waals surface area (Å²) in [7, 11) is 0. The highest BCUT2D eigenvalue weighted by Crippen LogP contribution is 2.42. The molecule has 3 aromatic carbocycles. The van der Waals surface area contributed by atoms with Crippen molar-refractivity contribution in [1.29, 1.82) is 0 Å². The number of hydrogen-bond donors (Lipinski definition) is 1. The molecular weight excluding hydrogens is 582 g/mol. The van der Waals surface area contributed by atoms with E-state index in [2.05, 4.69) is 26.7 Å². The number of ether oxygens (including phenoxy) is 2. The molecule has 3 aliphatic heterocycles. The highest BCUT2D eigenvalue weighted by Gasteiger charge is 2.40. The Bertz CT molecular complexity index is 1640. The number of carbonyl (C=O) groups excluding carboxylic acids is 2. The van der Waals surface area contributed by atoms with E-state index in [4.69, 9.17) is 9.47 Å². The van der Waals surface area contributed by atoms with Gasteiger partial charge in [0.15, 0.2) is 6.29 Å². The highest BCUT2D eigenvalue weighted by molar-refractivity contribution is 6.21. The lowest BCUT2D eigenvalue weighted by Crippen LogP contribution is -2.51. The lowest BCUT2D eigenvalue weighted by atomic mass is 9.90. The normalized spacial score (nSPS) is 23.5. The van der Waals surface area contributed by atoms with Crippen LogP contribution in [-0.2, 0) is 22.6 Å². The fourth-order valence-corrected chi connectivity index (χ4v) is 6.51. The zero-order valence-corrected chi connectivity index (χ0v) is 25.7. The van der Waals surface area contributed by atoms with Gasteiger partial charge in [-0.2, -0.15) is 0 Å². The summed E-state index contributed by atoms with van der Waals surface area (Å²) in [5.41, 5.74) is 4.49. The largest absolute Gasteiger partial charge is 0.392 e. The van der Waals surface area contributed by atoms with Crippen molar-refractivity contribution in [2.75, 3.05) is 37.6 Å². The van der Waals surface area contributed by atoms with Crippen LogP contribution < -0.4 is 4.90 Å². The molecule has 0 spiro atoms. The molecular formula is C36H37N5O5. The molecule has 3 aliphatic rings. The Hall–Kier alpha value is -4.48. The van der Waals surface area contributed by atoms with E-state index in [-0.39, 0.29) is 43.1 Å². The fourth-order valence-electron chi connectivity index (χ4n) is 6.51. The van der Waals surface area contributed by atoms with Crippen LogP contribution in [0, 0.1) is 5.92 Å². The van der Waals surface area contributed by atoms with Crippen LogP contribution in [0.4, 0.5) is 5.95 Å². The van der Waals surface area contributed by atoms with E-state index < -0.39 is 6.29 Å². The number of hydrogen-bond acceptors (Lipinski definition) is 9. The van der Waals surface area contributed by atoms with Gasteiger partial charge in [-0.25, -0.2) is 9.97 Å². The maximum absolute atomic E-state index is 12.9. The van der Waals surface area contributed by atoms with Crippen molar-refractivity contribution in [3.8, 4) is 0 Å². The minimum Gasteiger partial charge on any atom is -0.392 e. The van der Waals surface area contributed by atoms with Crippen molar-refractivity contribution < 1.29 is 24.2 Å². The van der Waals surface area contributed by atoms with Gasteiger partial charge in [0.1, 0.15) is 0 Å². The Morgan fingerprint density at radius 1 is 0.761 bits per heavy atom. The number of carbonyl (C=O) groups is 2. The van der Waals surface area contributed by atoms with Crippen LogP contribution in [0.3, 0.4) is 0 Å². The Morgan fingerprint density at radius 3 is 2.00 bits per heavy atom. The van der Waals surface area contributed by atoms with Gasteiger partial charge in [0.05, 0.1) is 36.5 Å². The topological polar surface area (TPSA) is 108 Å². The van der Waals surface area contributed by atoms with E-state index in [1.807, 2.05) is 54.6 Å². The van der Waals surface area contributed by atoms with Crippen LogP contribution in [0.15, 0.2) is 91.3 Å². The van der Waals surface area contributed by atoms with Crippen LogP contribution in [-0.4, -0.2) is 75.5 Å². The van der Waals surface area contributed by atoms with Gasteiger partial charge >= 0.3 is 0 Å². The zero-order chi connectivity index (χ0) is 31.6. The maximum Gasteiger partial charge on any atom is 0.261 e. The molecule has 236 valence electrons. The van der Waals surface area contributed by atoms with Crippen LogP contribution in [0.25, 0.3) is 0 Å². The summed E-state index contributed by atoms with van der Waals surface area (Å²) in [4.78, 5) is 40.5. The summed E-state index contributed by atoms with van der Waals surface area (Å²) in [5.74, 6) is 0.288. The first-order chi connectivity index (χ1) is 22.5. The van der Waals surface area contributed by atoms with Gasteiger partial charge in [-0.05, 0) is 34.9 Å². The number of rotatable bonds is 8. The van der Waals surface area contributed by atoms with Gasteiger partial charge in [0, 0.05) is 56.6 Å². The third kappa shape index (κ3) is 6.04. The van der Waals surface area contributed by atoms with Crippen molar-refractivity contribution in [2.45, 2.75) is 38.6 Å². The van der Waals surface area contributed by atoms with Crippen molar-refractivity contribution in [1.82, 2.24) is 19.8 Å². The molecule has 0 saturated carbocycles. The number of anilines is 1. The minimum atomic E-state index is -0.601. The second-order valence-electron chi connectivity index (χ2n) is 12.1. The molecule has 1 aromatic heterocycles. The molecule has 10 heteroatoms. The lowest BCUT2D eigenvalue weighted by Gasteiger charge is -2.44. The predicted molar refractivity (Wildman–Crippen MR) is 171 cm³/mol. The van der Waals surface area contributed by atoms with Gasteiger partial charge in [0.2, 0.25) is 5.95 Å². The van der Waals surface area contributed by atoms with Crippen molar-refractivity contribution in [3.63, 3.8) is 0 Å². The van der Waals surface area contributed by atoms with Crippen LogP contribution in [0.5, 0.6) is 0 Å². The Morgan fingerprint density at radius 2 is 1.37 bits per heavy atom. The standard InChI is InChI=1S/C36H37N5O5/c1-24-31(22-39-17-19-40(20-18-39)36-37-15-4-16-38-36)45-35(46-32(24)27-11-9-26(23-42)10-12-27)28-13-7-25(8-14-28)21-41-33(43)29-5-2-3-6-30(29)34(41)44/h2-16,24,31-32,35,42H,17-23H2,1H3/t24-,31+,32+,35+/m0/s1. The predicted octanol–water partition coefficient (Wildman–Crippen LogP) is 4.38. The van der Waals surface area contributed by atoms with Crippen LogP contribution in [0.2, 0.25) is 0 Å². The SMILES string of the molecule is C[C@H]1[C@@H](CN2CCN(c3ncccn3)CC2)O[C@@H](c2ccc(CN3C(=O)c4ccccc4C3=O)cc2)O[C@H]1c1ccc(CO)cc1. The zero-order valence-electron chi connectivity index (χ0n) is 25.7. The Labute approximate surface area is 268 Å². The summed E-state index contributed by atoms with van der Waals surface area (Å²) in [5, 5.41) is 9.58. The average Bonchev–Trinajstić information content (AvgIpc) is 3.35. The Balaban J connectivity index is 1.07. The van der Waals surface area contributed by atoms with Gasteiger partial charge in [-0.1, -0.05) is 67.6 Å². The fraction of sp³-hybridized carbons (Fsp3) is 0.333. The van der Waals surface area contributed by atoms with Gasteiger partial charge in [-0.3, -0.25) is 19.4 Å². The van der Waals surface area contributed by atoms with E-state index in [1.165, 1.54) is 4.90 Å². The summed E-state index contributed by atoms with van der Waals surface area (Å²) in [6, 6.07) is 24.4. The summed E-state index contributed by atoms with van der Waals surface area (Å²) in [6.07, 6.45) is 2.64. The van der Waals surface area contributed by atoms with Crippen molar-refractivity contribution in [2.24, 2.45) is 5.92 Å². The number of amides is 2. The second kappa shape index (κ2) is 13.1. The quantitative estimate of drug-likeness (QED) is 0.288. The number of fused-ring (bicyclic) bond motifs is 1. The monoisotopic (exact) mass is 619 g/mol. The van der Waals surface area contributed by atoms with Crippen LogP contribution in [0.1, 0.15) is 62.3 Å². The van der Waals surface area contributed by atoms with E-state index in [0.717, 1.165) is 60.9 Å². The summed E-state index contributed by atoms with van der Waals surface area (Å²) < 4.78 is 13.3. The molecule has 0 aliphatic carbocycles. The number of aliphatic hydroxyl groups is 1. The molecule has 10 nitrogen and oxygen atoms in total. The number of imide groups is 1. The molecule has 4 heterocycles. The first kappa shape index (κ1) is 30.2. The van der Waals surface area contributed by atoms with Crippen molar-refractivity contribution in [3.05, 3.63) is 125 Å². The molecule has 2 amide bonds. The van der Waals surface area contributed by atoms with Gasteiger partial charge < -0.3 is 19.5 Å². The number of benzene rings is 3. The van der Waals surface area contributed by atoms with Gasteiger partial charge in [-0.15, -0.1) is 0 Å². The molecule has 0 radical (unpaired) electrons. The summed E-state index contributed by atoms with van der Waals surface area (Å²) in [6.45, 7) is 6.54. The Kier molecular flexibility index (Phi) is 8.59. The summed E-state index contributed by atoms with van der Waals surface area (Å²) >= 11 is 0. The number of aliphatic hydroxyl groups excluding tert-OH is 1. The number of piperazine rings is 1. The van der Waals surface area contributed by atoms with E-state index in [1.54, 1.807) is 36.7 Å². The third-order valence-corrected chi connectivity index (χ3v) is 9.24. The molecule has 7 rings (SSSR count).